The Bertz CT molecular complexity index is 663. The van der Waals surface area contributed by atoms with Crippen LogP contribution in [0, 0.1) is 0 Å². The molecule has 1 fully saturated rings. The second-order valence-electron chi connectivity index (χ2n) is 5.74. The zero-order valence-electron chi connectivity index (χ0n) is 13.1. The van der Waals surface area contributed by atoms with Crippen molar-refractivity contribution in [1.82, 2.24) is 0 Å². The first-order valence-electron chi connectivity index (χ1n) is 7.08. The Kier molecular flexibility index (Phi) is 5.39. The standard InChI is InChI=1S/C14H8F12O2/c15-11(16,17)7-1-6(2-8(3-7)12(18,19)20)10(13(21,22)23,14(24,25)26)28-5-9-4-27-9/h1-3,9H,4-5H2. The molecule has 1 aliphatic heterocycles. The van der Waals surface area contributed by atoms with E-state index in [0.717, 1.165) is 0 Å². The minimum Gasteiger partial charge on any atom is -0.371 e. The van der Waals surface area contributed by atoms with Gasteiger partial charge in [0.15, 0.2) is 0 Å². The molecule has 0 bridgehead atoms. The molecule has 0 saturated carbocycles. The highest BCUT2D eigenvalue weighted by Gasteiger charge is 2.74. The number of ether oxygens (including phenoxy) is 2. The van der Waals surface area contributed by atoms with Gasteiger partial charge in [-0.05, 0) is 18.2 Å². The first kappa shape index (κ1) is 22.6. The Morgan fingerprint density at radius 1 is 0.714 bits per heavy atom. The van der Waals surface area contributed by atoms with Crippen LogP contribution in [0.4, 0.5) is 52.7 Å². The molecule has 1 saturated heterocycles. The van der Waals surface area contributed by atoms with E-state index < -0.39 is 77.9 Å². The van der Waals surface area contributed by atoms with Gasteiger partial charge in [-0.25, -0.2) is 0 Å². The lowest BCUT2D eigenvalue weighted by atomic mass is 9.88. The van der Waals surface area contributed by atoms with Crippen molar-refractivity contribution in [3.8, 4) is 0 Å². The topological polar surface area (TPSA) is 21.8 Å². The van der Waals surface area contributed by atoms with E-state index in [1.165, 1.54) is 0 Å². The molecule has 1 aliphatic rings. The molecule has 1 heterocycles. The smallest absolute Gasteiger partial charge is 0.371 e. The van der Waals surface area contributed by atoms with Crippen molar-refractivity contribution in [2.75, 3.05) is 13.2 Å². The quantitative estimate of drug-likeness (QED) is 0.462. The van der Waals surface area contributed by atoms with E-state index in [0.29, 0.717) is 0 Å². The maximum absolute atomic E-state index is 13.4. The Balaban J connectivity index is 2.80. The lowest BCUT2D eigenvalue weighted by molar-refractivity contribution is -0.390. The SMILES string of the molecule is FC(F)(F)c1cc(C(F)(F)F)cc(C(OCC2CO2)(C(F)(F)F)C(F)(F)F)c1. The van der Waals surface area contributed by atoms with Gasteiger partial charge in [0.2, 0.25) is 0 Å². The van der Waals surface area contributed by atoms with E-state index in [1.54, 1.807) is 0 Å². The van der Waals surface area contributed by atoms with Crippen molar-refractivity contribution in [3.63, 3.8) is 0 Å². The largest absolute Gasteiger partial charge is 0.430 e. The molecule has 0 spiro atoms. The number of hydrogen-bond donors (Lipinski definition) is 0. The highest BCUT2D eigenvalue weighted by molar-refractivity contribution is 5.38. The molecule has 0 radical (unpaired) electrons. The Labute approximate surface area is 148 Å². The molecule has 0 aromatic heterocycles. The summed E-state index contributed by atoms with van der Waals surface area (Å²) in [4.78, 5) is 0. The third-order valence-electron chi connectivity index (χ3n) is 3.68. The van der Waals surface area contributed by atoms with Gasteiger partial charge in [-0.1, -0.05) is 0 Å². The summed E-state index contributed by atoms with van der Waals surface area (Å²) < 4.78 is 166. The first-order valence-corrected chi connectivity index (χ1v) is 7.08. The van der Waals surface area contributed by atoms with Crippen LogP contribution < -0.4 is 0 Å². The second-order valence-corrected chi connectivity index (χ2v) is 5.74. The number of hydrogen-bond acceptors (Lipinski definition) is 2. The molecule has 1 unspecified atom stereocenters. The zero-order valence-corrected chi connectivity index (χ0v) is 13.1. The van der Waals surface area contributed by atoms with E-state index in [1.807, 2.05) is 0 Å². The molecule has 2 rings (SSSR count). The van der Waals surface area contributed by atoms with Crippen LogP contribution in [-0.4, -0.2) is 31.7 Å². The fourth-order valence-electron chi connectivity index (χ4n) is 2.28. The van der Waals surface area contributed by atoms with E-state index in [4.69, 9.17) is 0 Å². The van der Waals surface area contributed by atoms with Crippen LogP contribution in [0.15, 0.2) is 18.2 Å². The summed E-state index contributed by atoms with van der Waals surface area (Å²) in [5.41, 5.74) is -12.5. The van der Waals surface area contributed by atoms with E-state index >= 15 is 0 Å². The number of benzene rings is 1. The van der Waals surface area contributed by atoms with Crippen molar-refractivity contribution in [1.29, 1.82) is 0 Å². The lowest BCUT2D eigenvalue weighted by Gasteiger charge is -2.37. The van der Waals surface area contributed by atoms with Crippen LogP contribution in [0.2, 0.25) is 0 Å². The number of epoxide rings is 1. The van der Waals surface area contributed by atoms with Crippen LogP contribution in [0.1, 0.15) is 16.7 Å². The van der Waals surface area contributed by atoms with E-state index in [-0.39, 0.29) is 6.61 Å². The van der Waals surface area contributed by atoms with E-state index in [2.05, 4.69) is 9.47 Å². The fraction of sp³-hybridized carbons (Fsp3) is 0.571. The van der Waals surface area contributed by atoms with Crippen LogP contribution in [0.3, 0.4) is 0 Å². The van der Waals surface area contributed by atoms with Gasteiger partial charge < -0.3 is 9.47 Å². The van der Waals surface area contributed by atoms with E-state index in [9.17, 15) is 52.7 Å². The monoisotopic (exact) mass is 436 g/mol. The molecule has 2 nitrogen and oxygen atoms in total. The third kappa shape index (κ3) is 4.31. The third-order valence-corrected chi connectivity index (χ3v) is 3.68. The molecule has 0 amide bonds. The Morgan fingerprint density at radius 2 is 1.07 bits per heavy atom. The number of halogens is 12. The number of rotatable bonds is 4. The maximum Gasteiger partial charge on any atom is 0.430 e. The normalized spacial score (nSPS) is 19.1. The van der Waals surface area contributed by atoms with Crippen LogP contribution in [0.5, 0.6) is 0 Å². The summed E-state index contributed by atoms with van der Waals surface area (Å²) in [6.45, 7) is -1.63. The summed E-state index contributed by atoms with van der Waals surface area (Å²) >= 11 is 0. The molecule has 1 atom stereocenters. The predicted octanol–water partition coefficient (Wildman–Crippen LogP) is 5.46. The molecule has 1 aromatic carbocycles. The molecule has 0 N–H and O–H groups in total. The highest BCUT2D eigenvalue weighted by atomic mass is 19.4. The van der Waals surface area contributed by atoms with Crippen molar-refractivity contribution < 1.29 is 62.2 Å². The fourth-order valence-corrected chi connectivity index (χ4v) is 2.28. The van der Waals surface area contributed by atoms with Gasteiger partial charge >= 0.3 is 24.7 Å². The van der Waals surface area contributed by atoms with Crippen LogP contribution in [0.25, 0.3) is 0 Å². The van der Waals surface area contributed by atoms with Gasteiger partial charge in [0, 0.05) is 5.56 Å². The summed E-state index contributed by atoms with van der Waals surface area (Å²) in [7, 11) is 0. The van der Waals surface area contributed by atoms with Gasteiger partial charge in [-0.15, -0.1) is 0 Å². The summed E-state index contributed by atoms with van der Waals surface area (Å²) in [5, 5.41) is 0. The highest BCUT2D eigenvalue weighted by Crippen LogP contribution is 2.54. The Morgan fingerprint density at radius 3 is 1.36 bits per heavy atom. The van der Waals surface area contributed by atoms with Crippen LogP contribution in [-0.2, 0) is 27.4 Å². The molecule has 160 valence electrons. The number of alkyl halides is 12. The van der Waals surface area contributed by atoms with Gasteiger partial charge in [0.1, 0.15) is 6.10 Å². The zero-order chi connectivity index (χ0) is 21.8. The molecular formula is C14H8F12O2. The summed E-state index contributed by atoms with van der Waals surface area (Å²) in [6, 6.07) is -1.92. The van der Waals surface area contributed by atoms with Crippen molar-refractivity contribution in [2.24, 2.45) is 0 Å². The van der Waals surface area contributed by atoms with Crippen molar-refractivity contribution >= 4 is 0 Å². The summed E-state index contributed by atoms with van der Waals surface area (Å²) in [5.74, 6) is 0. The molecule has 1 aromatic rings. The minimum absolute atomic E-state index is 0.276. The average Bonchev–Trinajstić information content (AvgIpc) is 3.27. The lowest BCUT2D eigenvalue weighted by Crippen LogP contribution is -2.56. The average molecular weight is 436 g/mol. The van der Waals surface area contributed by atoms with Gasteiger partial charge in [-0.2, -0.15) is 52.7 Å². The van der Waals surface area contributed by atoms with Gasteiger partial charge in [0.05, 0.1) is 24.3 Å². The van der Waals surface area contributed by atoms with Gasteiger partial charge in [-0.3, -0.25) is 0 Å². The molecule has 14 heteroatoms. The Hall–Kier alpha value is -1.70. The van der Waals surface area contributed by atoms with Gasteiger partial charge in [0.25, 0.3) is 5.60 Å². The molecule has 28 heavy (non-hydrogen) atoms. The second kappa shape index (κ2) is 6.68. The van der Waals surface area contributed by atoms with Crippen LogP contribution >= 0.6 is 0 Å². The molecular weight excluding hydrogens is 428 g/mol. The van der Waals surface area contributed by atoms with Crippen molar-refractivity contribution in [2.45, 2.75) is 36.4 Å². The first-order chi connectivity index (χ1) is 12.4. The minimum atomic E-state index is -6.44. The molecule has 0 aliphatic carbocycles. The summed E-state index contributed by atoms with van der Waals surface area (Å²) in [6.07, 6.45) is -25.4. The maximum atomic E-state index is 13.4. The predicted molar refractivity (Wildman–Crippen MR) is 65.9 cm³/mol. The van der Waals surface area contributed by atoms with Crippen molar-refractivity contribution in [3.05, 3.63) is 34.9 Å².